The normalized spacial score (nSPS) is 10.5. The molecule has 1 aromatic heterocycles. The van der Waals surface area contributed by atoms with Crippen molar-refractivity contribution in [1.29, 1.82) is 0 Å². The molecule has 0 spiro atoms. The monoisotopic (exact) mass is 207 g/mol. The van der Waals surface area contributed by atoms with Gasteiger partial charge in [-0.15, -0.1) is 0 Å². The first kappa shape index (κ1) is 9.32. The van der Waals surface area contributed by atoms with E-state index < -0.39 is 10.7 Å². The average Bonchev–Trinajstić information content (AvgIpc) is 2.17. The second-order valence-corrected chi connectivity index (χ2v) is 2.96. The smallest absolute Gasteiger partial charge is 0.366 e. The van der Waals surface area contributed by atoms with E-state index in [0.29, 0.717) is 0 Å². The summed E-state index contributed by atoms with van der Waals surface area (Å²) in [5, 5.41) is 10.6. The van der Waals surface area contributed by atoms with E-state index in [1.54, 1.807) is 0 Å². The maximum Gasteiger partial charge on any atom is 0.366 e. The standard InChI is InChI=1S/C9H6FN3O2/c10-5-2-1-3-7-9(5)6(11)4-8(12-7)13(14)15/h1-4H,(H2,11,12). The number of hydrogen-bond donors (Lipinski definition) is 1. The number of nitro groups is 1. The van der Waals surface area contributed by atoms with Crippen molar-refractivity contribution in [3.05, 3.63) is 40.2 Å². The Hall–Kier alpha value is -2.24. The molecule has 0 unspecified atom stereocenters. The van der Waals surface area contributed by atoms with Crippen molar-refractivity contribution in [2.75, 3.05) is 5.73 Å². The van der Waals surface area contributed by atoms with E-state index in [1.165, 1.54) is 18.2 Å². The molecule has 0 saturated heterocycles. The van der Waals surface area contributed by atoms with Crippen molar-refractivity contribution in [3.8, 4) is 0 Å². The van der Waals surface area contributed by atoms with Crippen molar-refractivity contribution in [1.82, 2.24) is 4.98 Å². The zero-order valence-corrected chi connectivity index (χ0v) is 7.48. The summed E-state index contributed by atoms with van der Waals surface area (Å²) in [5.74, 6) is -0.919. The zero-order valence-electron chi connectivity index (χ0n) is 7.48. The van der Waals surface area contributed by atoms with Crippen molar-refractivity contribution >= 4 is 22.4 Å². The van der Waals surface area contributed by atoms with Crippen LogP contribution >= 0.6 is 0 Å². The van der Waals surface area contributed by atoms with E-state index >= 15 is 0 Å². The van der Waals surface area contributed by atoms with Crippen LogP contribution in [0.2, 0.25) is 0 Å². The predicted molar refractivity (Wildman–Crippen MR) is 52.8 cm³/mol. The zero-order chi connectivity index (χ0) is 11.0. The van der Waals surface area contributed by atoms with Gasteiger partial charge in [0.05, 0.1) is 17.1 Å². The third-order valence-electron chi connectivity index (χ3n) is 1.99. The molecule has 0 aliphatic heterocycles. The van der Waals surface area contributed by atoms with E-state index in [4.69, 9.17) is 5.73 Å². The van der Waals surface area contributed by atoms with Gasteiger partial charge in [0.1, 0.15) is 5.82 Å². The largest absolute Gasteiger partial charge is 0.398 e. The van der Waals surface area contributed by atoms with Gasteiger partial charge >= 0.3 is 5.82 Å². The van der Waals surface area contributed by atoms with Gasteiger partial charge in [0.25, 0.3) is 0 Å². The Morgan fingerprint density at radius 3 is 2.87 bits per heavy atom. The number of halogens is 1. The van der Waals surface area contributed by atoms with Crippen molar-refractivity contribution in [2.45, 2.75) is 0 Å². The SMILES string of the molecule is Nc1cc([N+](=O)[O-])nc2cccc(F)c12. The second-order valence-electron chi connectivity index (χ2n) is 2.96. The van der Waals surface area contributed by atoms with E-state index in [2.05, 4.69) is 4.98 Å². The number of anilines is 1. The van der Waals surface area contributed by atoms with Crippen LogP contribution in [-0.2, 0) is 0 Å². The van der Waals surface area contributed by atoms with Gasteiger partial charge in [-0.05, 0) is 22.0 Å². The van der Waals surface area contributed by atoms with Crippen LogP contribution in [0.3, 0.4) is 0 Å². The van der Waals surface area contributed by atoms with Crippen LogP contribution < -0.4 is 5.73 Å². The van der Waals surface area contributed by atoms with Crippen LogP contribution in [-0.4, -0.2) is 9.91 Å². The molecule has 2 N–H and O–H groups in total. The van der Waals surface area contributed by atoms with E-state index in [-0.39, 0.29) is 22.4 Å². The molecule has 0 radical (unpaired) electrons. The number of nitrogen functional groups attached to an aromatic ring is 1. The molecule has 0 fully saturated rings. The first-order valence-corrected chi connectivity index (χ1v) is 4.08. The fourth-order valence-corrected chi connectivity index (χ4v) is 1.35. The van der Waals surface area contributed by atoms with Gasteiger partial charge in [0.15, 0.2) is 5.52 Å². The van der Waals surface area contributed by atoms with Crippen LogP contribution in [0, 0.1) is 15.9 Å². The molecule has 0 saturated carbocycles. The number of nitrogens with two attached hydrogens (primary N) is 1. The molecule has 6 heteroatoms. The minimum absolute atomic E-state index is 0.0183. The molecule has 0 aliphatic rings. The number of aromatic nitrogens is 1. The van der Waals surface area contributed by atoms with Crippen LogP contribution in [0.1, 0.15) is 0 Å². The summed E-state index contributed by atoms with van der Waals surface area (Å²) in [6, 6.07) is 5.17. The van der Waals surface area contributed by atoms with E-state index in [1.807, 2.05) is 0 Å². The lowest BCUT2D eigenvalue weighted by Gasteiger charge is -2.00. The summed E-state index contributed by atoms with van der Waals surface area (Å²) in [6.45, 7) is 0. The predicted octanol–water partition coefficient (Wildman–Crippen LogP) is 1.86. The van der Waals surface area contributed by atoms with Crippen LogP contribution in [0.15, 0.2) is 24.3 Å². The fourth-order valence-electron chi connectivity index (χ4n) is 1.35. The topological polar surface area (TPSA) is 82.0 Å². The van der Waals surface area contributed by atoms with Crippen molar-refractivity contribution in [3.63, 3.8) is 0 Å². The highest BCUT2D eigenvalue weighted by atomic mass is 19.1. The average molecular weight is 207 g/mol. The number of rotatable bonds is 1. The molecule has 76 valence electrons. The molecule has 0 amide bonds. The third-order valence-corrected chi connectivity index (χ3v) is 1.99. The molecule has 15 heavy (non-hydrogen) atoms. The van der Waals surface area contributed by atoms with Gasteiger partial charge < -0.3 is 15.8 Å². The summed E-state index contributed by atoms with van der Waals surface area (Å²) in [4.78, 5) is 13.5. The van der Waals surface area contributed by atoms with Crippen LogP contribution in [0.4, 0.5) is 15.9 Å². The maximum atomic E-state index is 13.3. The number of benzene rings is 1. The summed E-state index contributed by atoms with van der Waals surface area (Å²) in [7, 11) is 0. The highest BCUT2D eigenvalue weighted by Gasteiger charge is 2.15. The Labute approximate surface area is 83.5 Å². The van der Waals surface area contributed by atoms with Crippen LogP contribution in [0.25, 0.3) is 10.9 Å². The van der Waals surface area contributed by atoms with Gasteiger partial charge in [0.2, 0.25) is 0 Å². The Morgan fingerprint density at radius 1 is 1.47 bits per heavy atom. The van der Waals surface area contributed by atoms with Gasteiger partial charge in [0, 0.05) is 0 Å². The lowest BCUT2D eigenvalue weighted by atomic mass is 10.2. The van der Waals surface area contributed by atoms with Crippen LogP contribution in [0.5, 0.6) is 0 Å². The molecule has 1 aromatic carbocycles. The molecular formula is C9H6FN3O2. The summed E-state index contributed by atoms with van der Waals surface area (Å²) < 4.78 is 13.3. The Kier molecular flexibility index (Phi) is 1.96. The molecule has 5 nitrogen and oxygen atoms in total. The van der Waals surface area contributed by atoms with Gasteiger partial charge in [-0.25, -0.2) is 4.39 Å². The minimum atomic E-state index is -0.666. The maximum absolute atomic E-state index is 13.3. The molecule has 2 rings (SSSR count). The fraction of sp³-hybridized carbons (Fsp3) is 0. The third kappa shape index (κ3) is 1.45. The highest BCUT2D eigenvalue weighted by Crippen LogP contribution is 2.25. The second kappa shape index (κ2) is 3.16. The molecule has 0 bridgehead atoms. The number of fused-ring (bicyclic) bond motifs is 1. The molecule has 1 heterocycles. The lowest BCUT2D eigenvalue weighted by Crippen LogP contribution is -1.97. The Bertz CT molecular complexity index is 556. The lowest BCUT2D eigenvalue weighted by molar-refractivity contribution is -0.389. The first-order valence-electron chi connectivity index (χ1n) is 4.08. The van der Waals surface area contributed by atoms with E-state index in [0.717, 1.165) is 6.07 Å². The number of nitrogens with zero attached hydrogens (tertiary/aromatic N) is 2. The molecule has 0 aliphatic carbocycles. The summed E-state index contributed by atoms with van der Waals surface area (Å²) >= 11 is 0. The van der Waals surface area contributed by atoms with Crippen molar-refractivity contribution < 1.29 is 9.31 Å². The molecular weight excluding hydrogens is 201 g/mol. The molecule has 0 atom stereocenters. The summed E-state index contributed by atoms with van der Waals surface area (Å²) in [6.07, 6.45) is 0. The Balaban J connectivity index is 2.84. The highest BCUT2D eigenvalue weighted by molar-refractivity contribution is 5.91. The minimum Gasteiger partial charge on any atom is -0.398 e. The van der Waals surface area contributed by atoms with Gasteiger partial charge in [-0.3, -0.25) is 0 Å². The van der Waals surface area contributed by atoms with Gasteiger partial charge in [-0.1, -0.05) is 6.07 Å². The first-order chi connectivity index (χ1) is 7.09. The summed E-state index contributed by atoms with van der Waals surface area (Å²) in [5.41, 5.74) is 5.71. The Morgan fingerprint density at radius 2 is 2.20 bits per heavy atom. The van der Waals surface area contributed by atoms with Crippen molar-refractivity contribution in [2.24, 2.45) is 0 Å². The number of pyridine rings is 1. The van der Waals surface area contributed by atoms with E-state index in [9.17, 15) is 14.5 Å². The van der Waals surface area contributed by atoms with Gasteiger partial charge in [-0.2, -0.15) is 0 Å². The molecule has 2 aromatic rings. The number of hydrogen-bond acceptors (Lipinski definition) is 4. The quantitative estimate of drug-likeness (QED) is 0.571.